The highest BCUT2D eigenvalue weighted by molar-refractivity contribution is 5.88. The summed E-state index contributed by atoms with van der Waals surface area (Å²) in [5.74, 6) is -0.886. The first kappa shape index (κ1) is 10.2. The molecule has 1 aromatic rings. The number of nitrogens with two attached hydrogens (primary N) is 1. The maximum atomic E-state index is 10.9. The summed E-state index contributed by atoms with van der Waals surface area (Å²) in [6.45, 7) is 3.93. The van der Waals surface area contributed by atoms with Gasteiger partial charge in [-0.05, 0) is 55.5 Å². The second kappa shape index (κ2) is 3.07. The molecular formula is C12H15NO2. The van der Waals surface area contributed by atoms with Crippen molar-refractivity contribution >= 4 is 5.97 Å². The molecular weight excluding hydrogens is 190 g/mol. The van der Waals surface area contributed by atoms with Crippen LogP contribution in [0.5, 0.6) is 0 Å². The molecule has 1 saturated carbocycles. The van der Waals surface area contributed by atoms with Gasteiger partial charge in [-0.3, -0.25) is 0 Å². The largest absolute Gasteiger partial charge is 0.478 e. The minimum atomic E-state index is -0.886. The Kier molecular flexibility index (Phi) is 2.08. The van der Waals surface area contributed by atoms with Crippen LogP contribution in [0, 0.1) is 13.8 Å². The predicted molar refractivity (Wildman–Crippen MR) is 58.0 cm³/mol. The summed E-state index contributed by atoms with van der Waals surface area (Å²) >= 11 is 0. The lowest BCUT2D eigenvalue weighted by atomic mass is 9.93. The van der Waals surface area contributed by atoms with Crippen LogP contribution in [0.4, 0.5) is 0 Å². The second-order valence-corrected chi connectivity index (χ2v) is 4.43. The van der Waals surface area contributed by atoms with Crippen molar-refractivity contribution in [3.8, 4) is 0 Å². The zero-order chi connectivity index (χ0) is 11.2. The van der Waals surface area contributed by atoms with Crippen LogP contribution in [-0.2, 0) is 5.54 Å². The normalized spacial score (nSPS) is 17.5. The van der Waals surface area contributed by atoms with Crippen molar-refractivity contribution in [3.05, 3.63) is 34.4 Å². The summed E-state index contributed by atoms with van der Waals surface area (Å²) in [4.78, 5) is 10.9. The van der Waals surface area contributed by atoms with Gasteiger partial charge in [0.1, 0.15) is 0 Å². The number of carbonyl (C=O) groups is 1. The Morgan fingerprint density at radius 1 is 1.40 bits per heavy atom. The van der Waals surface area contributed by atoms with Crippen molar-refractivity contribution in [2.75, 3.05) is 0 Å². The van der Waals surface area contributed by atoms with Gasteiger partial charge in [0, 0.05) is 5.54 Å². The van der Waals surface area contributed by atoms with Gasteiger partial charge in [0.2, 0.25) is 0 Å². The monoisotopic (exact) mass is 205 g/mol. The van der Waals surface area contributed by atoms with Crippen LogP contribution in [0.1, 0.15) is 39.9 Å². The van der Waals surface area contributed by atoms with Crippen molar-refractivity contribution in [3.63, 3.8) is 0 Å². The highest BCUT2D eigenvalue weighted by Gasteiger charge is 2.41. The molecule has 3 N–H and O–H groups in total. The minimum absolute atomic E-state index is 0.264. The van der Waals surface area contributed by atoms with E-state index in [1.54, 1.807) is 12.1 Å². The molecule has 2 rings (SSSR count). The first-order chi connectivity index (χ1) is 6.94. The van der Waals surface area contributed by atoms with E-state index >= 15 is 0 Å². The van der Waals surface area contributed by atoms with E-state index in [2.05, 4.69) is 0 Å². The minimum Gasteiger partial charge on any atom is -0.478 e. The number of hydrogen-bond acceptors (Lipinski definition) is 2. The standard InChI is InChI=1S/C12H15NO2/c1-7-5-9(11(14)15)6-10(8(7)2)12(13)3-4-12/h5-6H,3-4,13H2,1-2H3,(H,14,15). The van der Waals surface area contributed by atoms with Crippen molar-refractivity contribution in [2.24, 2.45) is 5.73 Å². The lowest BCUT2D eigenvalue weighted by Gasteiger charge is -2.15. The molecule has 3 nitrogen and oxygen atoms in total. The van der Waals surface area contributed by atoms with Crippen molar-refractivity contribution in [1.82, 2.24) is 0 Å². The van der Waals surface area contributed by atoms with E-state index < -0.39 is 5.97 Å². The van der Waals surface area contributed by atoms with Crippen molar-refractivity contribution in [2.45, 2.75) is 32.2 Å². The molecule has 80 valence electrons. The Hall–Kier alpha value is -1.35. The highest BCUT2D eigenvalue weighted by atomic mass is 16.4. The first-order valence-corrected chi connectivity index (χ1v) is 5.08. The molecule has 0 bridgehead atoms. The third-order valence-electron chi connectivity index (χ3n) is 3.24. The molecule has 1 aliphatic rings. The van der Waals surface area contributed by atoms with Crippen molar-refractivity contribution in [1.29, 1.82) is 0 Å². The van der Waals surface area contributed by atoms with Gasteiger partial charge >= 0.3 is 5.97 Å². The summed E-state index contributed by atoms with van der Waals surface area (Å²) in [6.07, 6.45) is 1.91. The van der Waals surface area contributed by atoms with Crippen LogP contribution in [0.15, 0.2) is 12.1 Å². The van der Waals surface area contributed by atoms with Gasteiger partial charge in [-0.25, -0.2) is 4.79 Å². The summed E-state index contributed by atoms with van der Waals surface area (Å²) in [6, 6.07) is 3.42. The molecule has 0 aliphatic heterocycles. The van der Waals surface area contributed by atoms with Gasteiger partial charge in [0.15, 0.2) is 0 Å². The molecule has 15 heavy (non-hydrogen) atoms. The molecule has 1 aromatic carbocycles. The molecule has 0 unspecified atom stereocenters. The van der Waals surface area contributed by atoms with E-state index in [9.17, 15) is 4.79 Å². The molecule has 1 fully saturated rings. The van der Waals surface area contributed by atoms with E-state index in [0.717, 1.165) is 29.5 Å². The van der Waals surface area contributed by atoms with Gasteiger partial charge in [0.25, 0.3) is 0 Å². The zero-order valence-corrected chi connectivity index (χ0v) is 9.00. The van der Waals surface area contributed by atoms with Crippen LogP contribution in [0.3, 0.4) is 0 Å². The van der Waals surface area contributed by atoms with E-state index in [0.29, 0.717) is 5.56 Å². The van der Waals surface area contributed by atoms with E-state index in [-0.39, 0.29) is 5.54 Å². The molecule has 0 saturated heterocycles. The maximum absolute atomic E-state index is 10.9. The van der Waals surface area contributed by atoms with Gasteiger partial charge in [-0.2, -0.15) is 0 Å². The fraction of sp³-hybridized carbons (Fsp3) is 0.417. The summed E-state index contributed by atoms with van der Waals surface area (Å²) in [5.41, 5.74) is 9.31. The fourth-order valence-electron chi connectivity index (χ4n) is 1.90. The summed E-state index contributed by atoms with van der Waals surface area (Å²) in [7, 11) is 0. The van der Waals surface area contributed by atoms with Crippen LogP contribution in [0.2, 0.25) is 0 Å². The van der Waals surface area contributed by atoms with Gasteiger partial charge in [-0.1, -0.05) is 0 Å². The van der Waals surface area contributed by atoms with Crippen LogP contribution in [0.25, 0.3) is 0 Å². The Labute approximate surface area is 88.9 Å². The fourth-order valence-corrected chi connectivity index (χ4v) is 1.90. The maximum Gasteiger partial charge on any atom is 0.335 e. The smallest absolute Gasteiger partial charge is 0.335 e. The number of aromatic carboxylic acids is 1. The third kappa shape index (κ3) is 1.63. The topological polar surface area (TPSA) is 63.3 Å². The lowest BCUT2D eigenvalue weighted by molar-refractivity contribution is 0.0696. The SMILES string of the molecule is Cc1cc(C(=O)O)cc(C2(N)CC2)c1C. The Balaban J connectivity index is 2.58. The average molecular weight is 205 g/mol. The highest BCUT2D eigenvalue weighted by Crippen LogP contribution is 2.44. The Bertz CT molecular complexity index is 433. The van der Waals surface area contributed by atoms with Gasteiger partial charge in [-0.15, -0.1) is 0 Å². The molecule has 0 aromatic heterocycles. The molecule has 0 heterocycles. The summed E-state index contributed by atoms with van der Waals surface area (Å²) < 4.78 is 0. The summed E-state index contributed by atoms with van der Waals surface area (Å²) in [5, 5.41) is 8.97. The molecule has 1 aliphatic carbocycles. The molecule has 0 atom stereocenters. The lowest BCUT2D eigenvalue weighted by Crippen LogP contribution is -2.21. The Morgan fingerprint density at radius 2 is 2.00 bits per heavy atom. The predicted octanol–water partition coefficient (Wildman–Crippen LogP) is 1.95. The number of carboxylic acids is 1. The number of benzene rings is 1. The third-order valence-corrected chi connectivity index (χ3v) is 3.24. The van der Waals surface area contributed by atoms with Crippen LogP contribution in [-0.4, -0.2) is 11.1 Å². The number of rotatable bonds is 2. The molecule has 3 heteroatoms. The second-order valence-electron chi connectivity index (χ2n) is 4.43. The molecule has 0 spiro atoms. The molecule has 0 radical (unpaired) electrons. The first-order valence-electron chi connectivity index (χ1n) is 5.08. The Morgan fingerprint density at radius 3 is 2.47 bits per heavy atom. The van der Waals surface area contributed by atoms with Gasteiger partial charge in [0.05, 0.1) is 5.56 Å². The number of carboxylic acid groups (broad SMARTS) is 1. The number of hydrogen-bond donors (Lipinski definition) is 2. The van der Waals surface area contributed by atoms with Crippen molar-refractivity contribution < 1.29 is 9.90 Å². The zero-order valence-electron chi connectivity index (χ0n) is 9.00. The molecule has 0 amide bonds. The quantitative estimate of drug-likeness (QED) is 0.775. The van der Waals surface area contributed by atoms with Crippen LogP contribution < -0.4 is 5.73 Å². The number of aryl methyl sites for hydroxylation is 1. The van der Waals surface area contributed by atoms with E-state index in [1.807, 2.05) is 13.8 Å². The van der Waals surface area contributed by atoms with Crippen LogP contribution >= 0.6 is 0 Å². The average Bonchev–Trinajstić information content (AvgIpc) is 2.89. The van der Waals surface area contributed by atoms with E-state index in [4.69, 9.17) is 10.8 Å². The van der Waals surface area contributed by atoms with E-state index in [1.165, 1.54) is 0 Å². The van der Waals surface area contributed by atoms with Gasteiger partial charge < -0.3 is 10.8 Å².